The highest BCUT2D eigenvalue weighted by Crippen LogP contribution is 2.39. The van der Waals surface area contributed by atoms with Gasteiger partial charge in [-0.15, -0.1) is 0 Å². The largest absolute Gasteiger partial charge is 0.488 e. The standard InChI is InChI=1S/C18H16N2O/c1-2-6-13-11-21-16-10-14(12-7-4-3-5-8-12)9-15(17(13)16)18(19)20/h2-10H,1,11H2,(H3,19,20)/b13-6+. The van der Waals surface area contributed by atoms with Crippen LogP contribution in [0.4, 0.5) is 0 Å². The molecule has 21 heavy (non-hydrogen) atoms. The fourth-order valence-electron chi connectivity index (χ4n) is 2.57. The fourth-order valence-corrected chi connectivity index (χ4v) is 2.57. The van der Waals surface area contributed by atoms with E-state index in [0.29, 0.717) is 12.2 Å². The minimum atomic E-state index is 0.0458. The number of benzene rings is 2. The third kappa shape index (κ3) is 2.34. The average Bonchev–Trinajstić information content (AvgIpc) is 2.91. The van der Waals surface area contributed by atoms with Gasteiger partial charge in [0, 0.05) is 16.7 Å². The van der Waals surface area contributed by atoms with Crippen molar-refractivity contribution in [2.75, 3.05) is 6.61 Å². The van der Waals surface area contributed by atoms with Gasteiger partial charge in [-0.25, -0.2) is 0 Å². The van der Waals surface area contributed by atoms with Crippen LogP contribution in [0.2, 0.25) is 0 Å². The zero-order valence-corrected chi connectivity index (χ0v) is 11.6. The molecule has 0 amide bonds. The SMILES string of the molecule is C=C/C=C1\COc2cc(-c3ccccc3)cc(C(=N)N)c21. The Morgan fingerprint density at radius 2 is 1.95 bits per heavy atom. The second kappa shape index (κ2) is 5.29. The lowest BCUT2D eigenvalue weighted by Gasteiger charge is -2.10. The molecule has 2 aromatic carbocycles. The third-order valence-electron chi connectivity index (χ3n) is 3.52. The normalized spacial score (nSPS) is 14.6. The first-order chi connectivity index (χ1) is 10.2. The van der Waals surface area contributed by atoms with Crippen LogP contribution in [-0.4, -0.2) is 12.4 Å². The number of rotatable bonds is 3. The fraction of sp³-hybridized carbons (Fsp3) is 0.0556. The summed E-state index contributed by atoms with van der Waals surface area (Å²) in [5.74, 6) is 0.819. The van der Waals surface area contributed by atoms with Crippen molar-refractivity contribution in [3.63, 3.8) is 0 Å². The van der Waals surface area contributed by atoms with Gasteiger partial charge >= 0.3 is 0 Å². The van der Waals surface area contributed by atoms with Gasteiger partial charge in [0.15, 0.2) is 0 Å². The molecular formula is C18H16N2O. The Kier molecular flexibility index (Phi) is 3.32. The number of hydrogen-bond donors (Lipinski definition) is 2. The first-order valence-electron chi connectivity index (χ1n) is 6.73. The predicted octanol–water partition coefficient (Wildman–Crippen LogP) is 3.60. The van der Waals surface area contributed by atoms with E-state index in [1.807, 2.05) is 48.5 Å². The van der Waals surface area contributed by atoms with Crippen molar-refractivity contribution >= 4 is 11.4 Å². The Balaban J connectivity index is 2.22. The number of nitrogens with two attached hydrogens (primary N) is 1. The second-order valence-corrected chi connectivity index (χ2v) is 4.89. The van der Waals surface area contributed by atoms with Gasteiger partial charge in [-0.2, -0.15) is 0 Å². The van der Waals surface area contributed by atoms with Gasteiger partial charge in [0.05, 0.1) is 0 Å². The van der Waals surface area contributed by atoms with Gasteiger partial charge in [0.1, 0.15) is 18.2 Å². The number of ether oxygens (including phenoxy) is 1. The maximum absolute atomic E-state index is 7.85. The minimum absolute atomic E-state index is 0.0458. The molecule has 0 saturated heterocycles. The van der Waals surface area contributed by atoms with Crippen LogP contribution >= 0.6 is 0 Å². The maximum atomic E-state index is 7.85. The lowest BCUT2D eigenvalue weighted by atomic mass is 9.94. The van der Waals surface area contributed by atoms with Crippen LogP contribution in [0.15, 0.2) is 61.2 Å². The third-order valence-corrected chi connectivity index (χ3v) is 3.52. The molecule has 1 aliphatic rings. The van der Waals surface area contributed by atoms with Crippen LogP contribution in [0.1, 0.15) is 11.1 Å². The molecule has 3 nitrogen and oxygen atoms in total. The molecule has 0 saturated carbocycles. The van der Waals surface area contributed by atoms with E-state index in [-0.39, 0.29) is 5.84 Å². The Morgan fingerprint density at radius 3 is 2.62 bits per heavy atom. The van der Waals surface area contributed by atoms with Crippen molar-refractivity contribution in [1.29, 1.82) is 5.41 Å². The first-order valence-corrected chi connectivity index (χ1v) is 6.73. The molecule has 0 fully saturated rings. The highest BCUT2D eigenvalue weighted by molar-refractivity contribution is 6.03. The summed E-state index contributed by atoms with van der Waals surface area (Å²) in [4.78, 5) is 0. The van der Waals surface area contributed by atoms with E-state index in [4.69, 9.17) is 15.9 Å². The number of allylic oxidation sites excluding steroid dienone is 2. The molecule has 2 aromatic rings. The summed E-state index contributed by atoms with van der Waals surface area (Å²) < 4.78 is 5.75. The van der Waals surface area contributed by atoms with Crippen molar-refractivity contribution in [2.24, 2.45) is 5.73 Å². The number of nitrogen functional groups attached to an aromatic ring is 1. The van der Waals surface area contributed by atoms with E-state index in [1.165, 1.54) is 0 Å². The maximum Gasteiger partial charge on any atom is 0.128 e. The van der Waals surface area contributed by atoms with Gasteiger partial charge in [-0.1, -0.05) is 49.1 Å². The van der Waals surface area contributed by atoms with Gasteiger partial charge in [-0.3, -0.25) is 5.41 Å². The molecule has 104 valence electrons. The average molecular weight is 276 g/mol. The van der Waals surface area contributed by atoms with Crippen molar-refractivity contribution < 1.29 is 4.74 Å². The van der Waals surface area contributed by atoms with E-state index in [0.717, 1.165) is 28.0 Å². The first kappa shape index (κ1) is 13.2. The van der Waals surface area contributed by atoms with Crippen molar-refractivity contribution in [2.45, 2.75) is 0 Å². The molecular weight excluding hydrogens is 260 g/mol. The molecule has 0 aromatic heterocycles. The monoisotopic (exact) mass is 276 g/mol. The van der Waals surface area contributed by atoms with Gasteiger partial charge < -0.3 is 10.5 Å². The number of fused-ring (bicyclic) bond motifs is 1. The van der Waals surface area contributed by atoms with E-state index in [1.54, 1.807) is 6.08 Å². The Hall–Kier alpha value is -2.81. The molecule has 0 radical (unpaired) electrons. The molecule has 0 bridgehead atoms. The van der Waals surface area contributed by atoms with Crippen LogP contribution in [0.3, 0.4) is 0 Å². The summed E-state index contributed by atoms with van der Waals surface area (Å²) in [6.07, 6.45) is 3.63. The highest BCUT2D eigenvalue weighted by Gasteiger charge is 2.23. The topological polar surface area (TPSA) is 59.1 Å². The zero-order valence-electron chi connectivity index (χ0n) is 11.6. The quantitative estimate of drug-likeness (QED) is 0.664. The summed E-state index contributed by atoms with van der Waals surface area (Å²) in [5, 5.41) is 7.85. The lowest BCUT2D eigenvalue weighted by Crippen LogP contribution is -2.13. The second-order valence-electron chi connectivity index (χ2n) is 4.89. The van der Waals surface area contributed by atoms with E-state index in [9.17, 15) is 0 Å². The zero-order chi connectivity index (χ0) is 14.8. The van der Waals surface area contributed by atoms with Crippen LogP contribution < -0.4 is 10.5 Å². The van der Waals surface area contributed by atoms with Crippen molar-refractivity contribution in [1.82, 2.24) is 0 Å². The Bertz CT molecular complexity index is 745. The Morgan fingerprint density at radius 1 is 1.19 bits per heavy atom. The molecule has 0 aliphatic carbocycles. The molecule has 3 rings (SSSR count). The molecule has 1 heterocycles. The molecule has 0 unspecified atom stereocenters. The van der Waals surface area contributed by atoms with Crippen molar-refractivity contribution in [3.05, 3.63) is 72.3 Å². The number of nitrogens with one attached hydrogen (secondary N) is 1. The van der Waals surface area contributed by atoms with Crippen LogP contribution in [-0.2, 0) is 0 Å². The van der Waals surface area contributed by atoms with Gasteiger partial charge in [0.25, 0.3) is 0 Å². The molecule has 1 aliphatic heterocycles. The summed E-state index contributed by atoms with van der Waals surface area (Å²) in [7, 11) is 0. The molecule has 0 spiro atoms. The van der Waals surface area contributed by atoms with E-state index >= 15 is 0 Å². The van der Waals surface area contributed by atoms with Crippen LogP contribution in [0.25, 0.3) is 16.7 Å². The predicted molar refractivity (Wildman–Crippen MR) is 86.6 cm³/mol. The minimum Gasteiger partial charge on any atom is -0.488 e. The van der Waals surface area contributed by atoms with E-state index in [2.05, 4.69) is 6.58 Å². The summed E-state index contributed by atoms with van der Waals surface area (Å²) in [6, 6.07) is 14.0. The van der Waals surface area contributed by atoms with Crippen LogP contribution in [0, 0.1) is 5.41 Å². The number of hydrogen-bond acceptors (Lipinski definition) is 2. The molecule has 0 atom stereocenters. The molecule has 3 N–H and O–H groups in total. The van der Waals surface area contributed by atoms with Crippen molar-refractivity contribution in [3.8, 4) is 16.9 Å². The van der Waals surface area contributed by atoms with Gasteiger partial charge in [-0.05, 0) is 23.3 Å². The molecule has 3 heteroatoms. The smallest absolute Gasteiger partial charge is 0.128 e. The lowest BCUT2D eigenvalue weighted by molar-refractivity contribution is 0.388. The van der Waals surface area contributed by atoms with Gasteiger partial charge in [0.2, 0.25) is 0 Å². The van der Waals surface area contributed by atoms with Crippen LogP contribution in [0.5, 0.6) is 5.75 Å². The number of amidine groups is 1. The summed E-state index contributed by atoms with van der Waals surface area (Å²) in [6.45, 7) is 4.21. The highest BCUT2D eigenvalue weighted by atomic mass is 16.5. The Labute approximate surface area is 123 Å². The van der Waals surface area contributed by atoms with E-state index < -0.39 is 0 Å². The summed E-state index contributed by atoms with van der Waals surface area (Å²) in [5.41, 5.74) is 10.5. The summed E-state index contributed by atoms with van der Waals surface area (Å²) >= 11 is 0.